The molecule has 0 bridgehead atoms. The minimum atomic E-state index is -2.93. The molecule has 1 aliphatic rings. The molecule has 0 aliphatic heterocycles. The smallest absolute Gasteiger partial charge is 0.192 e. The van der Waals surface area contributed by atoms with Crippen LogP contribution < -0.4 is 0 Å². The van der Waals surface area contributed by atoms with E-state index in [0.717, 1.165) is 41.7 Å². The van der Waals surface area contributed by atoms with Crippen LogP contribution in [0.25, 0.3) is 0 Å². The number of aliphatic hydroxyl groups excluding tert-OH is 1. The summed E-state index contributed by atoms with van der Waals surface area (Å²) in [5.41, 5.74) is 2.18. The molecule has 1 unspecified atom stereocenters. The third-order valence-electron chi connectivity index (χ3n) is 10.0. The van der Waals surface area contributed by atoms with Crippen LogP contribution in [0.15, 0.2) is 44.5 Å². The second-order valence-corrected chi connectivity index (χ2v) is 27.6. The highest BCUT2D eigenvalue weighted by Crippen LogP contribution is 2.41. The molecule has 1 aromatic rings. The van der Waals surface area contributed by atoms with Gasteiger partial charge in [0, 0.05) is 11.3 Å². The average molecular weight is 638 g/mol. The minimum Gasteiger partial charge on any atom is -0.415 e. The van der Waals surface area contributed by atoms with Crippen LogP contribution >= 0.6 is 0 Å². The van der Waals surface area contributed by atoms with Crippen molar-refractivity contribution < 1.29 is 18.2 Å². The molecule has 5 atom stereocenters. The Morgan fingerprint density at radius 3 is 2.02 bits per heavy atom. The Labute approximate surface area is 261 Å². The fraction of sp³-hybridized carbons (Fsp3) is 0.765. The van der Waals surface area contributed by atoms with Gasteiger partial charge in [0.1, 0.15) is 0 Å². The summed E-state index contributed by atoms with van der Waals surface area (Å²) in [6.07, 6.45) is 2.80. The molecule has 0 aromatic heterocycles. The second-order valence-electron chi connectivity index (χ2n) is 16.0. The Morgan fingerprint density at radius 1 is 0.976 bits per heavy atom. The standard InChI is InChI=1S/C34H63NO4SSi2/c1-25(2)31(23-38-41(11,12)33(5,6)7)35-40(37,29-21-19-26(3)20-22-29)24-28-17-15-16-18-30(28)32(36)27(4)39-42(13,14)34(8,9)10/h19-22,24-25,27,30-32,36H,15-18,23H2,1-14H3/b28-24-/t27-,30-,31-,32+,40?/m0/s1. The second kappa shape index (κ2) is 14.1. The number of aryl methyl sites for hydroxylation is 1. The first-order valence-electron chi connectivity index (χ1n) is 16.0. The molecule has 0 saturated heterocycles. The van der Waals surface area contributed by atoms with Gasteiger partial charge in [-0.05, 0) is 87.4 Å². The van der Waals surface area contributed by atoms with Crippen molar-refractivity contribution in [3.8, 4) is 0 Å². The van der Waals surface area contributed by atoms with Gasteiger partial charge in [-0.3, -0.25) is 0 Å². The molecule has 5 nitrogen and oxygen atoms in total. The molecule has 242 valence electrons. The Bertz CT molecular complexity index is 1170. The first-order valence-corrected chi connectivity index (χ1v) is 23.4. The van der Waals surface area contributed by atoms with Crippen LogP contribution in [0.4, 0.5) is 0 Å². The SMILES string of the molecule is Cc1ccc(S(=O)(/C=C2/CCCC[C@@H]2[C@H](O)[C@H](C)O[Si](C)(C)C(C)(C)C)=N[C@@H](CO[Si](C)(C)C(C)(C)C)C(C)C)cc1. The zero-order chi connectivity index (χ0) is 32.3. The van der Waals surface area contributed by atoms with Gasteiger partial charge in [0.15, 0.2) is 16.6 Å². The van der Waals surface area contributed by atoms with Crippen LogP contribution in [-0.2, 0) is 18.6 Å². The molecular weight excluding hydrogens is 575 g/mol. The van der Waals surface area contributed by atoms with Gasteiger partial charge in [-0.25, -0.2) is 8.57 Å². The third kappa shape index (κ3) is 9.61. The summed E-state index contributed by atoms with van der Waals surface area (Å²) in [4.78, 5) is 0.725. The fourth-order valence-corrected chi connectivity index (χ4v) is 9.49. The molecule has 2 rings (SSSR count). The van der Waals surface area contributed by atoms with Gasteiger partial charge < -0.3 is 14.0 Å². The van der Waals surface area contributed by atoms with E-state index in [1.165, 1.54) is 0 Å². The first-order chi connectivity index (χ1) is 19.0. The zero-order valence-electron chi connectivity index (χ0n) is 29.3. The normalized spacial score (nSPS) is 22.1. The lowest BCUT2D eigenvalue weighted by Crippen LogP contribution is -2.48. The zero-order valence-corrected chi connectivity index (χ0v) is 32.2. The van der Waals surface area contributed by atoms with Crippen LogP contribution in [0.5, 0.6) is 0 Å². The van der Waals surface area contributed by atoms with Gasteiger partial charge in [-0.1, -0.05) is 85.1 Å². The van der Waals surface area contributed by atoms with E-state index in [0.29, 0.717) is 6.61 Å². The molecule has 8 heteroatoms. The van der Waals surface area contributed by atoms with Crippen molar-refractivity contribution in [3.05, 3.63) is 40.8 Å². The topological polar surface area (TPSA) is 68.1 Å². The molecule has 1 aliphatic carbocycles. The summed E-state index contributed by atoms with van der Waals surface area (Å²) in [5, 5.41) is 13.8. The maximum atomic E-state index is 15.1. The van der Waals surface area contributed by atoms with E-state index in [1.807, 2.05) is 43.5 Å². The molecule has 0 spiro atoms. The molecule has 1 saturated carbocycles. The van der Waals surface area contributed by atoms with Crippen LogP contribution in [0.1, 0.15) is 93.6 Å². The van der Waals surface area contributed by atoms with Crippen molar-refractivity contribution in [2.75, 3.05) is 6.61 Å². The number of hydrogen-bond acceptors (Lipinski definition) is 5. The van der Waals surface area contributed by atoms with Crippen molar-refractivity contribution >= 4 is 26.4 Å². The fourth-order valence-electron chi connectivity index (χ4n) is 4.79. The highest BCUT2D eigenvalue weighted by Gasteiger charge is 2.42. The lowest BCUT2D eigenvalue weighted by Gasteiger charge is -2.41. The Balaban J connectivity index is 2.58. The lowest BCUT2D eigenvalue weighted by molar-refractivity contribution is 0.00326. The lowest BCUT2D eigenvalue weighted by atomic mass is 9.80. The molecule has 0 radical (unpaired) electrons. The number of aliphatic hydroxyl groups is 1. The summed E-state index contributed by atoms with van der Waals surface area (Å²) in [5.74, 6) is 0.0752. The molecular formula is C34H63NO4SSi2. The van der Waals surface area contributed by atoms with E-state index in [1.54, 1.807) is 0 Å². The molecule has 0 amide bonds. The van der Waals surface area contributed by atoms with Gasteiger partial charge in [-0.2, -0.15) is 0 Å². The maximum absolute atomic E-state index is 15.1. The summed E-state index contributed by atoms with van der Waals surface area (Å²) in [6.45, 7) is 31.2. The van der Waals surface area contributed by atoms with Crippen LogP contribution in [0, 0.1) is 18.8 Å². The maximum Gasteiger partial charge on any atom is 0.192 e. The first kappa shape index (κ1) is 37.4. The Morgan fingerprint density at radius 2 is 1.52 bits per heavy atom. The van der Waals surface area contributed by atoms with Crippen LogP contribution in [0.2, 0.25) is 36.3 Å². The molecule has 1 N–H and O–H groups in total. The highest BCUT2D eigenvalue weighted by atomic mass is 32.2. The van der Waals surface area contributed by atoms with E-state index < -0.39 is 32.5 Å². The van der Waals surface area contributed by atoms with Gasteiger partial charge >= 0.3 is 0 Å². The predicted molar refractivity (Wildman–Crippen MR) is 186 cm³/mol. The molecule has 1 aromatic carbocycles. The highest BCUT2D eigenvalue weighted by molar-refractivity contribution is 7.96. The molecule has 0 heterocycles. The van der Waals surface area contributed by atoms with Gasteiger partial charge in [0.25, 0.3) is 0 Å². The van der Waals surface area contributed by atoms with Crippen LogP contribution in [-0.4, -0.2) is 50.8 Å². The van der Waals surface area contributed by atoms with Gasteiger partial charge in [0.05, 0.1) is 39.5 Å². The van der Waals surface area contributed by atoms with E-state index in [4.69, 9.17) is 13.2 Å². The van der Waals surface area contributed by atoms with Crippen molar-refractivity contribution in [2.24, 2.45) is 16.2 Å². The Hall–Kier alpha value is -0.776. The van der Waals surface area contributed by atoms with Crippen molar-refractivity contribution in [3.63, 3.8) is 0 Å². The van der Waals surface area contributed by atoms with Gasteiger partial charge in [-0.15, -0.1) is 0 Å². The van der Waals surface area contributed by atoms with Crippen molar-refractivity contribution in [2.45, 2.75) is 154 Å². The molecule has 1 fully saturated rings. The summed E-state index contributed by atoms with van der Waals surface area (Å²) in [6, 6.07) is 7.74. The van der Waals surface area contributed by atoms with Crippen molar-refractivity contribution in [1.82, 2.24) is 0 Å². The monoisotopic (exact) mass is 637 g/mol. The molecule has 42 heavy (non-hydrogen) atoms. The van der Waals surface area contributed by atoms with E-state index in [9.17, 15) is 5.11 Å². The van der Waals surface area contributed by atoms with Crippen molar-refractivity contribution in [1.29, 1.82) is 0 Å². The number of hydrogen-bond donors (Lipinski definition) is 1. The number of rotatable bonds is 11. The van der Waals surface area contributed by atoms with E-state index in [2.05, 4.69) is 81.6 Å². The predicted octanol–water partition coefficient (Wildman–Crippen LogP) is 9.71. The summed E-state index contributed by atoms with van der Waals surface area (Å²) >= 11 is 0. The number of benzene rings is 1. The van der Waals surface area contributed by atoms with Crippen LogP contribution in [0.3, 0.4) is 0 Å². The van der Waals surface area contributed by atoms with Gasteiger partial charge in [0.2, 0.25) is 0 Å². The largest absolute Gasteiger partial charge is 0.415 e. The Kier molecular flexibility index (Phi) is 12.6. The van der Waals surface area contributed by atoms with E-state index >= 15 is 4.21 Å². The summed E-state index contributed by atoms with van der Waals surface area (Å²) < 4.78 is 33.5. The summed E-state index contributed by atoms with van der Waals surface area (Å²) in [7, 11) is -6.99. The number of nitrogens with zero attached hydrogens (tertiary/aromatic N) is 1. The third-order valence-corrected chi connectivity index (χ3v) is 21.3. The minimum absolute atomic E-state index is 0.0587. The van der Waals surface area contributed by atoms with E-state index in [-0.39, 0.29) is 34.1 Å². The average Bonchev–Trinajstić information content (AvgIpc) is 2.85. The quantitative estimate of drug-likeness (QED) is 0.245.